The molecule has 13 heteroatoms. The van der Waals surface area contributed by atoms with Gasteiger partial charge >= 0.3 is 5.97 Å². The maximum Gasteiger partial charge on any atom is 0.305 e. The highest BCUT2D eigenvalue weighted by Gasteiger charge is 2.32. The van der Waals surface area contributed by atoms with Crippen molar-refractivity contribution in [2.75, 3.05) is 24.6 Å². The molecule has 0 spiro atoms. The van der Waals surface area contributed by atoms with Crippen LogP contribution in [0.3, 0.4) is 0 Å². The second-order valence-corrected chi connectivity index (χ2v) is 8.44. The quantitative estimate of drug-likeness (QED) is 0.324. The molecule has 1 aliphatic rings. The molecule has 1 saturated heterocycles. The number of hydrogen-bond donors (Lipinski definition) is 2. The number of ketones is 1. The van der Waals surface area contributed by atoms with Crippen LogP contribution in [0.2, 0.25) is 0 Å². The number of carbonyl (C=O) groups is 3. The summed E-state index contributed by atoms with van der Waals surface area (Å²) in [6.07, 6.45) is -0.125. The van der Waals surface area contributed by atoms with Crippen molar-refractivity contribution in [3.8, 4) is 5.75 Å². The van der Waals surface area contributed by atoms with Crippen LogP contribution in [0, 0.1) is 29.2 Å². The summed E-state index contributed by atoms with van der Waals surface area (Å²) in [5, 5.41) is 11.5. The Bertz CT molecular complexity index is 1280. The second kappa shape index (κ2) is 10.8. The number of hydrogen-bond acceptors (Lipinski definition) is 7. The van der Waals surface area contributed by atoms with Gasteiger partial charge in [-0.1, -0.05) is 12.1 Å². The lowest BCUT2D eigenvalue weighted by Crippen LogP contribution is -2.48. The average molecular weight is 523 g/mol. The first kappa shape index (κ1) is 25.9. The number of para-hydroxylation sites is 2. The molecule has 196 valence electrons. The van der Waals surface area contributed by atoms with Crippen LogP contribution in [-0.2, 0) is 14.4 Å². The summed E-state index contributed by atoms with van der Waals surface area (Å²) in [6.45, 7) is -0.310. The van der Waals surface area contributed by atoms with Crippen molar-refractivity contribution in [3.05, 3.63) is 53.6 Å². The molecule has 4 rings (SSSR count). The normalized spacial score (nSPS) is 15.0. The highest BCUT2D eigenvalue weighted by molar-refractivity contribution is 5.93. The van der Waals surface area contributed by atoms with Gasteiger partial charge in [-0.2, -0.15) is 13.8 Å². The molecule has 0 bridgehead atoms. The highest BCUT2D eigenvalue weighted by Crippen LogP contribution is 2.28. The minimum atomic E-state index is -1.85. The lowest BCUT2D eigenvalue weighted by atomic mass is 9.95. The van der Waals surface area contributed by atoms with Crippen LogP contribution in [0.15, 0.2) is 34.7 Å². The number of benzene rings is 2. The molecule has 1 atom stereocenters. The summed E-state index contributed by atoms with van der Waals surface area (Å²) >= 11 is 0. The first-order valence-corrected chi connectivity index (χ1v) is 11.2. The van der Waals surface area contributed by atoms with Crippen molar-refractivity contribution in [1.29, 1.82) is 0 Å². The summed E-state index contributed by atoms with van der Waals surface area (Å²) in [5.74, 6) is -12.3. The number of fused-ring (bicyclic) bond motifs is 1. The summed E-state index contributed by atoms with van der Waals surface area (Å²) < 4.78 is 64.6. The van der Waals surface area contributed by atoms with E-state index in [1.54, 1.807) is 12.1 Å². The predicted octanol–water partition coefficient (Wildman–Crippen LogP) is 3.21. The molecular weight excluding hydrogens is 502 g/mol. The van der Waals surface area contributed by atoms with Gasteiger partial charge in [0.25, 0.3) is 6.01 Å². The Balaban J connectivity index is 1.36. The molecule has 1 aromatic heterocycles. The molecule has 1 amide bonds. The molecule has 3 aromatic rings. The van der Waals surface area contributed by atoms with Crippen molar-refractivity contribution >= 4 is 34.8 Å². The Morgan fingerprint density at radius 2 is 1.76 bits per heavy atom. The standard InChI is InChI=1S/C24H21F4N3O6/c25-13-9-14(26)21(28)22(20(13)27)36-11-17(32)16(10-19(33)34)29-23(35)12-5-7-31(8-6-12)24-30-15-3-1-2-4-18(15)37-24/h1-4,9,12,16H,5-8,10-11H2,(H,29,35)(H,33,34). The Kier molecular flexibility index (Phi) is 7.60. The molecule has 0 saturated carbocycles. The zero-order chi connectivity index (χ0) is 26.7. The van der Waals surface area contributed by atoms with E-state index < -0.39 is 71.7 Å². The predicted molar refractivity (Wildman–Crippen MR) is 120 cm³/mol. The number of carbonyl (C=O) groups excluding carboxylic acids is 2. The number of amides is 1. The van der Waals surface area contributed by atoms with Gasteiger partial charge in [0.1, 0.15) is 18.2 Å². The third kappa shape index (κ3) is 5.81. The van der Waals surface area contributed by atoms with Gasteiger partial charge in [0.15, 0.2) is 28.8 Å². The number of oxazole rings is 1. The number of aliphatic carboxylic acids is 1. The van der Waals surface area contributed by atoms with E-state index in [9.17, 15) is 31.9 Å². The van der Waals surface area contributed by atoms with Crippen LogP contribution < -0.4 is 15.0 Å². The van der Waals surface area contributed by atoms with Gasteiger partial charge in [-0.25, -0.2) is 8.78 Å². The monoisotopic (exact) mass is 523 g/mol. The fraction of sp³-hybridized carbons (Fsp3) is 0.333. The first-order chi connectivity index (χ1) is 17.6. The molecule has 2 aromatic carbocycles. The summed E-state index contributed by atoms with van der Waals surface area (Å²) in [5.41, 5.74) is 1.31. The topological polar surface area (TPSA) is 122 Å². The molecule has 0 radical (unpaired) electrons. The maximum absolute atomic E-state index is 13.8. The number of nitrogens with one attached hydrogen (secondary N) is 1. The Hall–Kier alpha value is -4.16. The Morgan fingerprint density at radius 3 is 2.38 bits per heavy atom. The molecule has 2 N–H and O–H groups in total. The molecule has 2 heterocycles. The van der Waals surface area contributed by atoms with E-state index in [4.69, 9.17) is 9.52 Å². The Morgan fingerprint density at radius 1 is 1.11 bits per heavy atom. The van der Waals surface area contributed by atoms with E-state index in [1.807, 2.05) is 17.0 Å². The number of carboxylic acid groups (broad SMARTS) is 1. The summed E-state index contributed by atoms with van der Waals surface area (Å²) in [7, 11) is 0. The van der Waals surface area contributed by atoms with Crippen LogP contribution in [0.5, 0.6) is 5.75 Å². The fourth-order valence-corrected chi connectivity index (χ4v) is 3.96. The lowest BCUT2D eigenvalue weighted by molar-refractivity contribution is -0.141. The van der Waals surface area contributed by atoms with Gasteiger partial charge in [-0.15, -0.1) is 0 Å². The third-order valence-electron chi connectivity index (χ3n) is 5.93. The van der Waals surface area contributed by atoms with E-state index in [2.05, 4.69) is 15.0 Å². The van der Waals surface area contributed by atoms with Crippen LogP contribution in [0.25, 0.3) is 11.1 Å². The SMILES string of the molecule is O=C(O)CC(NC(=O)C1CCN(c2nc3ccccc3o2)CC1)C(=O)COc1c(F)c(F)cc(F)c1F. The fourth-order valence-electron chi connectivity index (χ4n) is 3.96. The number of aromatic nitrogens is 1. The minimum Gasteiger partial charge on any atom is -0.481 e. The first-order valence-electron chi connectivity index (χ1n) is 11.2. The highest BCUT2D eigenvalue weighted by atomic mass is 19.2. The molecular formula is C24H21F4N3O6. The Labute approximate surface area is 207 Å². The van der Waals surface area contributed by atoms with Crippen LogP contribution in [0.1, 0.15) is 19.3 Å². The maximum atomic E-state index is 13.8. The second-order valence-electron chi connectivity index (χ2n) is 8.44. The van der Waals surface area contributed by atoms with E-state index in [0.717, 1.165) is 0 Å². The minimum absolute atomic E-state index is 0.0254. The van der Waals surface area contributed by atoms with Crippen molar-refractivity contribution in [3.63, 3.8) is 0 Å². The number of anilines is 1. The number of rotatable bonds is 9. The molecule has 1 unspecified atom stereocenters. The van der Waals surface area contributed by atoms with Gasteiger partial charge in [0.05, 0.1) is 6.42 Å². The summed E-state index contributed by atoms with van der Waals surface area (Å²) in [4.78, 5) is 42.8. The number of piperidine rings is 1. The number of nitrogens with zero attached hydrogens (tertiary/aromatic N) is 2. The molecule has 37 heavy (non-hydrogen) atoms. The zero-order valence-electron chi connectivity index (χ0n) is 19.2. The third-order valence-corrected chi connectivity index (χ3v) is 5.93. The van der Waals surface area contributed by atoms with Gasteiger partial charge in [0.2, 0.25) is 17.5 Å². The largest absolute Gasteiger partial charge is 0.481 e. The van der Waals surface area contributed by atoms with E-state index in [-0.39, 0.29) is 6.07 Å². The van der Waals surface area contributed by atoms with Crippen LogP contribution >= 0.6 is 0 Å². The molecule has 1 fully saturated rings. The van der Waals surface area contributed by atoms with Gasteiger partial charge < -0.3 is 24.5 Å². The van der Waals surface area contributed by atoms with Crippen LogP contribution in [-0.4, -0.2) is 53.5 Å². The van der Waals surface area contributed by atoms with Gasteiger partial charge in [0, 0.05) is 25.1 Å². The van der Waals surface area contributed by atoms with Crippen molar-refractivity contribution < 1.29 is 46.2 Å². The van der Waals surface area contributed by atoms with Crippen LogP contribution in [0.4, 0.5) is 23.6 Å². The zero-order valence-corrected chi connectivity index (χ0v) is 19.2. The summed E-state index contributed by atoms with van der Waals surface area (Å²) in [6, 6.07) is 6.02. The smallest absolute Gasteiger partial charge is 0.305 e. The number of Topliss-reactive ketones (excluding diaryl/α,β-unsaturated/α-hetero) is 1. The molecule has 9 nitrogen and oxygen atoms in total. The van der Waals surface area contributed by atoms with Crippen molar-refractivity contribution in [2.45, 2.75) is 25.3 Å². The van der Waals surface area contributed by atoms with Gasteiger partial charge in [-0.3, -0.25) is 14.4 Å². The number of carboxylic acids is 1. The molecule has 1 aliphatic heterocycles. The van der Waals surface area contributed by atoms with E-state index in [1.165, 1.54) is 0 Å². The average Bonchev–Trinajstić information content (AvgIpc) is 3.31. The molecule has 0 aliphatic carbocycles. The number of ether oxygens (including phenoxy) is 1. The van der Waals surface area contributed by atoms with Gasteiger partial charge in [-0.05, 0) is 25.0 Å². The van der Waals surface area contributed by atoms with E-state index >= 15 is 0 Å². The number of halogens is 4. The van der Waals surface area contributed by atoms with E-state index in [0.29, 0.717) is 43.0 Å². The van der Waals surface area contributed by atoms with Crippen molar-refractivity contribution in [1.82, 2.24) is 10.3 Å². The lowest BCUT2D eigenvalue weighted by Gasteiger charge is -2.30. The van der Waals surface area contributed by atoms with Crippen molar-refractivity contribution in [2.24, 2.45) is 5.92 Å².